The van der Waals surface area contributed by atoms with Gasteiger partial charge in [0.25, 0.3) is 0 Å². The van der Waals surface area contributed by atoms with E-state index in [9.17, 15) is 5.11 Å². The van der Waals surface area contributed by atoms with E-state index in [0.29, 0.717) is 0 Å². The summed E-state index contributed by atoms with van der Waals surface area (Å²) in [6.45, 7) is 5.04. The molecular formula is C13H22BrN3O. The number of aromatic nitrogens is 1. The Morgan fingerprint density at radius 1 is 1.33 bits per heavy atom. The van der Waals surface area contributed by atoms with Crippen LogP contribution in [0.3, 0.4) is 0 Å². The SMILES string of the molecule is CCN(CCCN(C)C)c1ncc(Br)cc1CO. The highest BCUT2D eigenvalue weighted by Crippen LogP contribution is 2.21. The topological polar surface area (TPSA) is 39.6 Å². The van der Waals surface area contributed by atoms with Gasteiger partial charge in [0.1, 0.15) is 5.82 Å². The van der Waals surface area contributed by atoms with Crippen LogP contribution in [0.4, 0.5) is 5.82 Å². The first-order valence-corrected chi connectivity index (χ1v) is 7.02. The first kappa shape index (κ1) is 15.4. The van der Waals surface area contributed by atoms with Gasteiger partial charge in [0.15, 0.2) is 0 Å². The highest BCUT2D eigenvalue weighted by molar-refractivity contribution is 9.10. The van der Waals surface area contributed by atoms with Crippen molar-refractivity contribution in [2.45, 2.75) is 20.0 Å². The summed E-state index contributed by atoms with van der Waals surface area (Å²) in [4.78, 5) is 8.81. The van der Waals surface area contributed by atoms with Crippen molar-refractivity contribution in [1.29, 1.82) is 0 Å². The normalized spacial score (nSPS) is 11.0. The minimum Gasteiger partial charge on any atom is -0.392 e. The molecular weight excluding hydrogens is 294 g/mol. The fourth-order valence-electron chi connectivity index (χ4n) is 1.87. The van der Waals surface area contributed by atoms with E-state index < -0.39 is 0 Å². The highest BCUT2D eigenvalue weighted by Gasteiger charge is 2.11. The number of aliphatic hydroxyl groups excluding tert-OH is 1. The molecule has 0 unspecified atom stereocenters. The summed E-state index contributed by atoms with van der Waals surface area (Å²) in [6.07, 6.45) is 2.87. The third kappa shape index (κ3) is 4.55. The van der Waals surface area contributed by atoms with Crippen LogP contribution >= 0.6 is 15.9 Å². The van der Waals surface area contributed by atoms with Crippen LogP contribution in [0.1, 0.15) is 18.9 Å². The zero-order valence-electron chi connectivity index (χ0n) is 11.4. The molecule has 0 atom stereocenters. The van der Waals surface area contributed by atoms with E-state index >= 15 is 0 Å². The summed E-state index contributed by atoms with van der Waals surface area (Å²) < 4.78 is 0.902. The number of rotatable bonds is 7. The third-order valence-corrected chi connectivity index (χ3v) is 3.23. The summed E-state index contributed by atoms with van der Waals surface area (Å²) in [5, 5.41) is 9.41. The Kier molecular flexibility index (Phi) is 6.60. The second-order valence-corrected chi connectivity index (χ2v) is 5.45. The van der Waals surface area contributed by atoms with E-state index in [1.165, 1.54) is 0 Å². The van der Waals surface area contributed by atoms with Crippen LogP contribution in [0.25, 0.3) is 0 Å². The van der Waals surface area contributed by atoms with Crippen LogP contribution in [-0.4, -0.2) is 48.7 Å². The van der Waals surface area contributed by atoms with E-state index in [4.69, 9.17) is 0 Å². The first-order valence-electron chi connectivity index (χ1n) is 6.23. The second-order valence-electron chi connectivity index (χ2n) is 4.53. The standard InChI is InChI=1S/C13H22BrN3O/c1-4-17(7-5-6-16(2)3)13-11(10-18)8-12(14)9-15-13/h8-9,18H,4-7,10H2,1-3H3. The molecule has 1 rings (SSSR count). The smallest absolute Gasteiger partial charge is 0.134 e. The lowest BCUT2D eigenvalue weighted by Gasteiger charge is -2.24. The van der Waals surface area contributed by atoms with Crippen molar-refractivity contribution in [3.63, 3.8) is 0 Å². The van der Waals surface area contributed by atoms with E-state index in [1.54, 1.807) is 6.20 Å². The maximum absolute atomic E-state index is 9.41. The maximum atomic E-state index is 9.41. The molecule has 0 fully saturated rings. The molecule has 0 aliphatic rings. The first-order chi connectivity index (χ1) is 8.58. The molecule has 1 aromatic heterocycles. The summed E-state index contributed by atoms with van der Waals surface area (Å²) in [6, 6.07) is 1.93. The minimum atomic E-state index is 0.0198. The molecule has 0 bridgehead atoms. The lowest BCUT2D eigenvalue weighted by atomic mass is 10.2. The van der Waals surface area contributed by atoms with Crippen LogP contribution in [-0.2, 0) is 6.61 Å². The molecule has 1 aromatic rings. The lowest BCUT2D eigenvalue weighted by Crippen LogP contribution is -2.28. The van der Waals surface area contributed by atoms with Gasteiger partial charge in [-0.05, 0) is 56.0 Å². The van der Waals surface area contributed by atoms with Crippen LogP contribution in [0.2, 0.25) is 0 Å². The molecule has 0 aliphatic carbocycles. The highest BCUT2D eigenvalue weighted by atomic mass is 79.9. The van der Waals surface area contributed by atoms with Gasteiger partial charge < -0.3 is 14.9 Å². The summed E-state index contributed by atoms with van der Waals surface area (Å²) in [5.74, 6) is 0.891. The van der Waals surface area contributed by atoms with Gasteiger partial charge in [0, 0.05) is 29.3 Å². The van der Waals surface area contributed by atoms with E-state index in [1.807, 2.05) is 6.07 Å². The van der Waals surface area contributed by atoms with Crippen molar-refractivity contribution in [2.75, 3.05) is 38.6 Å². The monoisotopic (exact) mass is 315 g/mol. The van der Waals surface area contributed by atoms with Crippen LogP contribution in [0, 0.1) is 0 Å². The number of hydrogen-bond acceptors (Lipinski definition) is 4. The number of hydrogen-bond donors (Lipinski definition) is 1. The molecule has 0 aliphatic heterocycles. The number of pyridine rings is 1. The molecule has 0 amide bonds. The predicted octanol–water partition coefficient (Wildman–Crippen LogP) is 2.11. The van der Waals surface area contributed by atoms with Gasteiger partial charge in [0.05, 0.1) is 6.61 Å². The van der Waals surface area contributed by atoms with Gasteiger partial charge in [-0.25, -0.2) is 4.98 Å². The average molecular weight is 316 g/mol. The summed E-state index contributed by atoms with van der Waals surface area (Å²) >= 11 is 3.38. The molecule has 0 saturated carbocycles. The summed E-state index contributed by atoms with van der Waals surface area (Å²) in [5.41, 5.74) is 0.871. The number of halogens is 1. The number of aliphatic hydroxyl groups is 1. The molecule has 1 heterocycles. The molecule has 0 spiro atoms. The molecule has 1 N–H and O–H groups in total. The van der Waals surface area contributed by atoms with Crippen molar-refractivity contribution < 1.29 is 5.11 Å². The average Bonchev–Trinajstić information content (AvgIpc) is 2.34. The molecule has 18 heavy (non-hydrogen) atoms. The largest absolute Gasteiger partial charge is 0.392 e. The van der Waals surface area contributed by atoms with Gasteiger partial charge in [-0.3, -0.25) is 0 Å². The van der Waals surface area contributed by atoms with E-state index in [2.05, 4.69) is 51.7 Å². The second kappa shape index (κ2) is 7.71. The number of nitrogens with zero attached hydrogens (tertiary/aromatic N) is 3. The van der Waals surface area contributed by atoms with Crippen molar-refractivity contribution in [2.24, 2.45) is 0 Å². The van der Waals surface area contributed by atoms with Crippen molar-refractivity contribution in [3.8, 4) is 0 Å². The van der Waals surface area contributed by atoms with Gasteiger partial charge in [-0.1, -0.05) is 0 Å². The molecule has 5 heteroatoms. The molecule has 102 valence electrons. The van der Waals surface area contributed by atoms with Gasteiger partial charge in [0.2, 0.25) is 0 Å². The van der Waals surface area contributed by atoms with Gasteiger partial charge in [-0.15, -0.1) is 0 Å². The fraction of sp³-hybridized carbons (Fsp3) is 0.615. The van der Waals surface area contributed by atoms with Crippen molar-refractivity contribution in [3.05, 3.63) is 22.3 Å². The van der Waals surface area contributed by atoms with Crippen LogP contribution in [0.15, 0.2) is 16.7 Å². The molecule has 0 saturated heterocycles. The van der Waals surface area contributed by atoms with Gasteiger partial charge in [-0.2, -0.15) is 0 Å². The third-order valence-electron chi connectivity index (χ3n) is 2.79. The zero-order valence-corrected chi connectivity index (χ0v) is 12.9. The molecule has 4 nitrogen and oxygen atoms in total. The Labute approximate surface area is 118 Å². The molecule has 0 radical (unpaired) electrons. The fourth-order valence-corrected chi connectivity index (χ4v) is 2.25. The predicted molar refractivity (Wildman–Crippen MR) is 78.9 cm³/mol. The minimum absolute atomic E-state index is 0.0198. The Hall–Kier alpha value is -0.650. The Bertz CT molecular complexity index is 371. The van der Waals surface area contributed by atoms with E-state index in [-0.39, 0.29) is 6.61 Å². The van der Waals surface area contributed by atoms with Crippen molar-refractivity contribution in [1.82, 2.24) is 9.88 Å². The van der Waals surface area contributed by atoms with Gasteiger partial charge >= 0.3 is 0 Å². The quantitative estimate of drug-likeness (QED) is 0.836. The van der Waals surface area contributed by atoms with E-state index in [0.717, 1.165) is 41.9 Å². The summed E-state index contributed by atoms with van der Waals surface area (Å²) in [7, 11) is 4.15. The van der Waals surface area contributed by atoms with Crippen LogP contribution < -0.4 is 4.90 Å². The Balaban J connectivity index is 2.75. The zero-order chi connectivity index (χ0) is 13.5. The number of anilines is 1. The molecule has 0 aromatic carbocycles. The maximum Gasteiger partial charge on any atom is 0.134 e. The van der Waals surface area contributed by atoms with Crippen molar-refractivity contribution >= 4 is 21.7 Å². The Morgan fingerprint density at radius 3 is 2.61 bits per heavy atom. The van der Waals surface area contributed by atoms with Crippen LogP contribution in [0.5, 0.6) is 0 Å². The lowest BCUT2D eigenvalue weighted by molar-refractivity contribution is 0.281. The Morgan fingerprint density at radius 2 is 2.06 bits per heavy atom.